The van der Waals surface area contributed by atoms with Crippen LogP contribution in [0.2, 0.25) is 0 Å². The highest BCUT2D eigenvalue weighted by Gasteiger charge is 2.39. The van der Waals surface area contributed by atoms with Crippen LogP contribution in [0.3, 0.4) is 0 Å². The first-order valence-electron chi connectivity index (χ1n) is 9.41. The molecule has 10 heteroatoms. The van der Waals surface area contributed by atoms with Gasteiger partial charge in [0.05, 0.1) is 11.5 Å². The van der Waals surface area contributed by atoms with Crippen LogP contribution in [-0.4, -0.2) is 50.2 Å². The van der Waals surface area contributed by atoms with Crippen molar-refractivity contribution in [1.29, 1.82) is 0 Å². The van der Waals surface area contributed by atoms with Gasteiger partial charge in [0.15, 0.2) is 0 Å². The number of carbonyl (C=O) groups is 1. The van der Waals surface area contributed by atoms with Crippen LogP contribution >= 0.6 is 0 Å². The van der Waals surface area contributed by atoms with E-state index < -0.39 is 22.0 Å². The third-order valence-electron chi connectivity index (χ3n) is 4.92. The first-order valence-corrected chi connectivity index (χ1v) is 10.9. The van der Waals surface area contributed by atoms with Crippen LogP contribution in [0.15, 0.2) is 47.4 Å². The number of nitrogens with one attached hydrogen (secondary N) is 1. The van der Waals surface area contributed by atoms with E-state index >= 15 is 0 Å². The molecule has 1 atom stereocenters. The largest absolute Gasteiger partial charge is 0.494 e. The molecule has 162 valence electrons. The average Bonchev–Trinajstić information content (AvgIpc) is 2.75. The number of anilines is 1. The molecular formula is C20H25N3O6S. The van der Waals surface area contributed by atoms with Gasteiger partial charge in [0, 0.05) is 32.4 Å². The van der Waals surface area contributed by atoms with Crippen molar-refractivity contribution in [3.63, 3.8) is 0 Å². The zero-order valence-corrected chi connectivity index (χ0v) is 17.4. The summed E-state index contributed by atoms with van der Waals surface area (Å²) in [5, 5.41) is 9.12. The number of methoxy groups -OCH3 is 1. The molecule has 3 rings (SSSR count). The lowest BCUT2D eigenvalue weighted by Crippen LogP contribution is -2.51. The number of nitrogens with zero attached hydrogens (tertiary/aromatic N) is 1. The quantitative estimate of drug-likeness (QED) is 0.246. The lowest BCUT2D eigenvalue weighted by molar-refractivity contribution is -0.133. The maximum atomic E-state index is 13.3. The minimum Gasteiger partial charge on any atom is -0.494 e. The van der Waals surface area contributed by atoms with Gasteiger partial charge in [-0.25, -0.2) is 13.9 Å². The summed E-state index contributed by atoms with van der Waals surface area (Å²) in [5.41, 5.74) is 9.44. The second-order valence-electron chi connectivity index (χ2n) is 6.94. The Kier molecular flexibility index (Phi) is 6.93. The van der Waals surface area contributed by atoms with Crippen molar-refractivity contribution < 1.29 is 27.9 Å². The molecule has 1 aliphatic heterocycles. The number of rotatable bonds is 8. The van der Waals surface area contributed by atoms with Crippen LogP contribution in [-0.2, 0) is 32.5 Å². The van der Waals surface area contributed by atoms with E-state index in [1.54, 1.807) is 42.9 Å². The lowest BCUT2D eigenvalue weighted by Gasteiger charge is -2.34. The molecule has 0 saturated heterocycles. The highest BCUT2D eigenvalue weighted by molar-refractivity contribution is 7.89. The van der Waals surface area contributed by atoms with E-state index in [1.807, 2.05) is 0 Å². The number of carbonyl (C=O) groups excluding carboxylic acids is 1. The number of hydrogen-bond donors (Lipinski definition) is 3. The second kappa shape index (κ2) is 9.43. The minimum atomic E-state index is -4.02. The van der Waals surface area contributed by atoms with E-state index in [9.17, 15) is 13.2 Å². The predicted molar refractivity (Wildman–Crippen MR) is 109 cm³/mol. The molecule has 9 nitrogen and oxygen atoms in total. The maximum absolute atomic E-state index is 13.3. The number of ether oxygens (including phenoxy) is 2. The standard InChI is InChI=1S/C20H25N3O6S/c1-28-9-2-10-29-17-5-7-18(8-6-17)30(26,27)23-13-15-11-16(21)4-3-14(15)12-19(23)20(24)22-25/h3-8,11,19,25H,2,9-10,12-13,21H2,1H3,(H,22,24)/t19-/m1/s1. The molecule has 1 heterocycles. The molecule has 0 spiro atoms. The molecular weight excluding hydrogens is 410 g/mol. The zero-order chi connectivity index (χ0) is 21.7. The van der Waals surface area contributed by atoms with Crippen LogP contribution in [0.4, 0.5) is 5.69 Å². The molecule has 0 aromatic heterocycles. The molecule has 0 radical (unpaired) electrons. The number of benzene rings is 2. The van der Waals surface area contributed by atoms with E-state index in [0.29, 0.717) is 31.1 Å². The van der Waals surface area contributed by atoms with Crippen LogP contribution in [0.5, 0.6) is 5.75 Å². The number of sulfonamides is 1. The molecule has 0 unspecified atom stereocenters. The topological polar surface area (TPSA) is 131 Å². The Labute approximate surface area is 175 Å². The Bertz CT molecular complexity index is 994. The van der Waals surface area contributed by atoms with Gasteiger partial charge in [-0.1, -0.05) is 6.07 Å². The Hall–Kier alpha value is -2.66. The second-order valence-corrected chi connectivity index (χ2v) is 8.83. The number of fused-ring (bicyclic) bond motifs is 1. The van der Waals surface area contributed by atoms with E-state index in [1.165, 1.54) is 12.1 Å². The van der Waals surface area contributed by atoms with Gasteiger partial charge in [-0.05, 0) is 53.9 Å². The summed E-state index contributed by atoms with van der Waals surface area (Å²) in [6, 6.07) is 10.1. The molecule has 2 aromatic rings. The molecule has 2 aromatic carbocycles. The van der Waals surface area contributed by atoms with E-state index in [2.05, 4.69) is 0 Å². The summed E-state index contributed by atoms with van der Waals surface area (Å²) in [5.74, 6) is -0.259. The van der Waals surface area contributed by atoms with Gasteiger partial charge in [0.1, 0.15) is 11.8 Å². The van der Waals surface area contributed by atoms with Crippen LogP contribution in [0, 0.1) is 0 Å². The van der Waals surface area contributed by atoms with Crippen LogP contribution in [0.25, 0.3) is 0 Å². The number of nitrogen functional groups attached to an aromatic ring is 1. The summed E-state index contributed by atoms with van der Waals surface area (Å²) >= 11 is 0. The van der Waals surface area contributed by atoms with Crippen LogP contribution < -0.4 is 16.0 Å². The molecule has 0 bridgehead atoms. The Morgan fingerprint density at radius 2 is 1.93 bits per heavy atom. The van der Waals surface area contributed by atoms with Gasteiger partial charge in [0.25, 0.3) is 5.91 Å². The van der Waals surface area contributed by atoms with Crippen LogP contribution in [0.1, 0.15) is 17.5 Å². The van der Waals surface area contributed by atoms with Crippen molar-refractivity contribution >= 4 is 21.6 Å². The minimum absolute atomic E-state index is 0.0230. The van der Waals surface area contributed by atoms with E-state index in [4.69, 9.17) is 20.4 Å². The third kappa shape index (κ3) is 4.73. The third-order valence-corrected chi connectivity index (χ3v) is 6.79. The smallest absolute Gasteiger partial charge is 0.262 e. The first kappa shape index (κ1) is 22.0. The molecule has 0 fully saturated rings. The summed E-state index contributed by atoms with van der Waals surface area (Å²) < 4.78 is 38.2. The zero-order valence-electron chi connectivity index (χ0n) is 16.6. The van der Waals surface area contributed by atoms with Gasteiger partial charge < -0.3 is 15.2 Å². The molecule has 1 aliphatic rings. The normalized spacial score (nSPS) is 16.7. The van der Waals surface area contributed by atoms with Crippen molar-refractivity contribution in [2.45, 2.75) is 30.3 Å². The summed E-state index contributed by atoms with van der Waals surface area (Å²) in [6.45, 7) is 0.987. The van der Waals surface area contributed by atoms with Gasteiger partial charge in [-0.3, -0.25) is 10.0 Å². The molecule has 30 heavy (non-hydrogen) atoms. The number of hydrogen-bond acceptors (Lipinski definition) is 7. The molecule has 4 N–H and O–H groups in total. The molecule has 1 amide bonds. The predicted octanol–water partition coefficient (Wildman–Crippen LogP) is 1.31. The fourth-order valence-electron chi connectivity index (χ4n) is 3.37. The van der Waals surface area contributed by atoms with Gasteiger partial charge in [-0.15, -0.1) is 0 Å². The fourth-order valence-corrected chi connectivity index (χ4v) is 4.93. The van der Waals surface area contributed by atoms with Crippen molar-refractivity contribution in [2.75, 3.05) is 26.1 Å². The number of amides is 1. The Morgan fingerprint density at radius 3 is 2.60 bits per heavy atom. The Balaban J connectivity index is 1.86. The summed E-state index contributed by atoms with van der Waals surface area (Å²) in [4.78, 5) is 12.3. The highest BCUT2D eigenvalue weighted by Crippen LogP contribution is 2.31. The maximum Gasteiger partial charge on any atom is 0.262 e. The van der Waals surface area contributed by atoms with Crippen molar-refractivity contribution in [3.05, 3.63) is 53.6 Å². The van der Waals surface area contributed by atoms with E-state index in [-0.39, 0.29) is 17.9 Å². The summed E-state index contributed by atoms with van der Waals surface area (Å²) in [7, 11) is -2.41. The van der Waals surface area contributed by atoms with Crippen molar-refractivity contribution in [2.24, 2.45) is 0 Å². The fraction of sp³-hybridized carbons (Fsp3) is 0.350. The van der Waals surface area contributed by atoms with Gasteiger partial charge in [0.2, 0.25) is 10.0 Å². The van der Waals surface area contributed by atoms with E-state index in [0.717, 1.165) is 15.4 Å². The Morgan fingerprint density at radius 1 is 1.20 bits per heavy atom. The SMILES string of the molecule is COCCCOc1ccc(S(=O)(=O)N2Cc3cc(N)ccc3C[C@@H]2C(=O)NO)cc1. The highest BCUT2D eigenvalue weighted by atomic mass is 32.2. The molecule has 0 aliphatic carbocycles. The monoisotopic (exact) mass is 435 g/mol. The van der Waals surface area contributed by atoms with Crippen molar-refractivity contribution in [3.8, 4) is 5.75 Å². The number of nitrogens with two attached hydrogens (primary N) is 1. The summed E-state index contributed by atoms with van der Waals surface area (Å²) in [6.07, 6.45) is 0.840. The lowest BCUT2D eigenvalue weighted by atomic mass is 9.95. The van der Waals surface area contributed by atoms with Gasteiger partial charge >= 0.3 is 0 Å². The number of hydroxylamine groups is 1. The first-order chi connectivity index (χ1) is 14.4. The average molecular weight is 436 g/mol. The molecule has 0 saturated carbocycles. The van der Waals surface area contributed by atoms with Crippen molar-refractivity contribution in [1.82, 2.24) is 9.79 Å². The van der Waals surface area contributed by atoms with Gasteiger partial charge in [-0.2, -0.15) is 4.31 Å².